The zero-order valence-electron chi connectivity index (χ0n) is 11.3. The molecule has 2 N–H and O–H groups in total. The third kappa shape index (κ3) is 4.32. The third-order valence-corrected chi connectivity index (χ3v) is 3.52. The number of thiazole rings is 1. The highest BCUT2D eigenvalue weighted by atomic mass is 32.1. The van der Waals surface area contributed by atoms with Crippen molar-refractivity contribution in [1.29, 1.82) is 0 Å². The summed E-state index contributed by atoms with van der Waals surface area (Å²) in [5, 5.41) is 13.6. The Bertz CT molecular complexity index is 629. The van der Waals surface area contributed by atoms with Crippen molar-refractivity contribution in [2.24, 2.45) is 5.92 Å². The van der Waals surface area contributed by atoms with Gasteiger partial charge in [-0.1, -0.05) is 6.92 Å². The molecule has 0 bridgehead atoms. The molecule has 0 radical (unpaired) electrons. The van der Waals surface area contributed by atoms with Crippen LogP contribution in [0.2, 0.25) is 0 Å². The first kappa shape index (κ1) is 15.0. The lowest BCUT2D eigenvalue weighted by atomic mass is 10.1. The molecule has 1 atom stereocenters. The second kappa shape index (κ2) is 6.89. The van der Waals surface area contributed by atoms with E-state index in [4.69, 9.17) is 5.11 Å². The smallest absolute Gasteiger partial charge is 0.303 e. The number of carboxylic acid groups (broad SMARTS) is 1. The maximum atomic E-state index is 11.9. The maximum Gasteiger partial charge on any atom is 0.303 e. The van der Waals surface area contributed by atoms with Crippen LogP contribution in [-0.4, -0.2) is 38.5 Å². The van der Waals surface area contributed by atoms with Crippen molar-refractivity contribution in [1.82, 2.24) is 20.3 Å². The Kier molecular flexibility index (Phi) is 4.94. The molecule has 0 aromatic carbocycles. The van der Waals surface area contributed by atoms with Crippen LogP contribution in [-0.2, 0) is 4.79 Å². The summed E-state index contributed by atoms with van der Waals surface area (Å²) in [6.07, 6.45) is 4.72. The van der Waals surface area contributed by atoms with E-state index >= 15 is 0 Å². The number of aliphatic carboxylic acids is 1. The van der Waals surface area contributed by atoms with Gasteiger partial charge in [0.05, 0.1) is 6.20 Å². The van der Waals surface area contributed by atoms with Gasteiger partial charge in [0.2, 0.25) is 0 Å². The average molecular weight is 306 g/mol. The largest absolute Gasteiger partial charge is 0.481 e. The third-order valence-electron chi connectivity index (χ3n) is 2.65. The zero-order valence-corrected chi connectivity index (χ0v) is 12.1. The van der Waals surface area contributed by atoms with Gasteiger partial charge < -0.3 is 10.4 Å². The average Bonchev–Trinajstić information content (AvgIpc) is 2.95. The molecule has 2 aromatic heterocycles. The fraction of sp³-hybridized carbons (Fsp3) is 0.308. The van der Waals surface area contributed by atoms with E-state index in [-0.39, 0.29) is 18.2 Å². The molecule has 0 fully saturated rings. The van der Waals surface area contributed by atoms with E-state index in [1.54, 1.807) is 30.9 Å². The lowest BCUT2D eigenvalue weighted by molar-refractivity contribution is -0.137. The molecular formula is C13H14N4O3S. The van der Waals surface area contributed by atoms with E-state index in [2.05, 4.69) is 20.3 Å². The molecule has 1 unspecified atom stereocenters. The number of nitrogens with zero attached hydrogens (tertiary/aromatic N) is 3. The van der Waals surface area contributed by atoms with Crippen LogP contribution in [0.15, 0.2) is 24.0 Å². The first-order valence-electron chi connectivity index (χ1n) is 6.28. The highest BCUT2D eigenvalue weighted by molar-refractivity contribution is 7.13. The summed E-state index contributed by atoms with van der Waals surface area (Å²) in [4.78, 5) is 34.8. The van der Waals surface area contributed by atoms with Crippen LogP contribution in [0.4, 0.5) is 0 Å². The van der Waals surface area contributed by atoms with Gasteiger partial charge in [-0.3, -0.25) is 19.6 Å². The van der Waals surface area contributed by atoms with Crippen molar-refractivity contribution in [3.8, 4) is 10.7 Å². The number of aromatic nitrogens is 3. The Morgan fingerprint density at radius 1 is 1.43 bits per heavy atom. The van der Waals surface area contributed by atoms with Gasteiger partial charge in [0.25, 0.3) is 5.91 Å². The van der Waals surface area contributed by atoms with Gasteiger partial charge in [0.1, 0.15) is 16.4 Å². The quantitative estimate of drug-likeness (QED) is 0.836. The number of nitrogens with one attached hydrogen (secondary N) is 1. The molecule has 0 aliphatic carbocycles. The molecule has 2 heterocycles. The molecule has 0 saturated carbocycles. The highest BCUT2D eigenvalue weighted by Crippen LogP contribution is 2.20. The summed E-state index contributed by atoms with van der Waals surface area (Å²) < 4.78 is 0. The Morgan fingerprint density at radius 2 is 2.24 bits per heavy atom. The van der Waals surface area contributed by atoms with Gasteiger partial charge >= 0.3 is 5.97 Å². The van der Waals surface area contributed by atoms with E-state index in [0.717, 1.165) is 0 Å². The van der Waals surface area contributed by atoms with E-state index < -0.39 is 5.97 Å². The summed E-state index contributed by atoms with van der Waals surface area (Å²) in [6.45, 7) is 2.06. The minimum atomic E-state index is -0.879. The molecule has 21 heavy (non-hydrogen) atoms. The predicted octanol–water partition coefficient (Wildman–Crippen LogP) is 1.44. The monoisotopic (exact) mass is 306 g/mol. The Hall–Kier alpha value is -2.35. The van der Waals surface area contributed by atoms with E-state index in [1.807, 2.05) is 0 Å². The van der Waals surface area contributed by atoms with Crippen LogP contribution in [0, 0.1) is 5.92 Å². The van der Waals surface area contributed by atoms with Gasteiger partial charge in [-0.15, -0.1) is 11.3 Å². The van der Waals surface area contributed by atoms with Gasteiger partial charge in [0.15, 0.2) is 0 Å². The molecule has 0 aliphatic rings. The molecule has 0 spiro atoms. The van der Waals surface area contributed by atoms with Gasteiger partial charge in [-0.2, -0.15) is 0 Å². The van der Waals surface area contributed by atoms with Gasteiger partial charge in [0, 0.05) is 30.7 Å². The Morgan fingerprint density at radius 3 is 2.90 bits per heavy atom. The molecule has 2 aromatic rings. The Balaban J connectivity index is 1.95. The summed E-state index contributed by atoms with van der Waals surface area (Å²) in [6, 6.07) is 0. The fourth-order valence-corrected chi connectivity index (χ4v) is 2.39. The summed E-state index contributed by atoms with van der Waals surface area (Å²) in [5.41, 5.74) is 0.906. The Labute approximate surface area is 125 Å². The number of hydrogen-bond donors (Lipinski definition) is 2. The summed E-state index contributed by atoms with van der Waals surface area (Å²) in [5.74, 6) is -1.33. The molecule has 0 saturated heterocycles. The van der Waals surface area contributed by atoms with Crippen molar-refractivity contribution in [2.75, 3.05) is 6.54 Å². The lowest BCUT2D eigenvalue weighted by Crippen LogP contribution is -2.29. The standard InChI is InChI=1S/C13H14N4O3S/c1-8(4-11(18)19)5-16-12(20)10-7-21-13(17-10)9-6-14-2-3-15-9/h2-3,6-8H,4-5H2,1H3,(H,16,20)(H,18,19). The predicted molar refractivity (Wildman–Crippen MR) is 76.9 cm³/mol. The van der Waals surface area contributed by atoms with Crippen LogP contribution in [0.1, 0.15) is 23.8 Å². The second-order valence-corrected chi connectivity index (χ2v) is 5.40. The maximum absolute atomic E-state index is 11.9. The molecular weight excluding hydrogens is 292 g/mol. The highest BCUT2D eigenvalue weighted by Gasteiger charge is 2.14. The molecule has 7 nitrogen and oxygen atoms in total. The minimum absolute atomic E-state index is 0.0161. The van der Waals surface area contributed by atoms with Gasteiger partial charge in [-0.05, 0) is 5.92 Å². The van der Waals surface area contributed by atoms with Crippen LogP contribution >= 0.6 is 11.3 Å². The van der Waals surface area contributed by atoms with Gasteiger partial charge in [-0.25, -0.2) is 4.98 Å². The SMILES string of the molecule is CC(CNC(=O)c1csc(-c2cnccn2)n1)CC(=O)O. The topological polar surface area (TPSA) is 105 Å². The first-order valence-corrected chi connectivity index (χ1v) is 7.16. The van der Waals surface area contributed by atoms with Crippen molar-refractivity contribution < 1.29 is 14.7 Å². The summed E-state index contributed by atoms with van der Waals surface area (Å²) in [7, 11) is 0. The minimum Gasteiger partial charge on any atom is -0.481 e. The number of amides is 1. The van der Waals surface area contributed by atoms with E-state index in [9.17, 15) is 9.59 Å². The number of carbonyl (C=O) groups excluding carboxylic acids is 1. The van der Waals surface area contributed by atoms with Crippen molar-refractivity contribution in [3.05, 3.63) is 29.7 Å². The molecule has 8 heteroatoms. The molecule has 110 valence electrons. The fourth-order valence-electron chi connectivity index (χ4n) is 1.63. The van der Waals surface area contributed by atoms with Crippen molar-refractivity contribution in [2.45, 2.75) is 13.3 Å². The number of hydrogen-bond acceptors (Lipinski definition) is 6. The molecule has 1 amide bonds. The van der Waals surface area contributed by atoms with Crippen LogP contribution in [0.3, 0.4) is 0 Å². The normalized spacial score (nSPS) is 11.9. The van der Waals surface area contributed by atoms with Crippen molar-refractivity contribution in [3.63, 3.8) is 0 Å². The molecule has 2 rings (SSSR count). The number of carboxylic acids is 1. The van der Waals surface area contributed by atoms with Crippen molar-refractivity contribution >= 4 is 23.2 Å². The van der Waals surface area contributed by atoms with Crippen LogP contribution < -0.4 is 5.32 Å². The summed E-state index contributed by atoms with van der Waals surface area (Å²) >= 11 is 1.31. The number of carbonyl (C=O) groups is 2. The molecule has 0 aliphatic heterocycles. The van der Waals surface area contributed by atoms with E-state index in [1.165, 1.54) is 11.3 Å². The van der Waals surface area contributed by atoms with Crippen LogP contribution in [0.25, 0.3) is 10.7 Å². The lowest BCUT2D eigenvalue weighted by Gasteiger charge is -2.08. The second-order valence-electron chi connectivity index (χ2n) is 4.54. The zero-order chi connectivity index (χ0) is 15.2. The van der Waals surface area contributed by atoms with Crippen LogP contribution in [0.5, 0.6) is 0 Å². The first-order chi connectivity index (χ1) is 10.1. The van der Waals surface area contributed by atoms with E-state index in [0.29, 0.717) is 22.9 Å². The number of rotatable bonds is 6.